The predicted molar refractivity (Wildman–Crippen MR) is 117 cm³/mol. The second kappa shape index (κ2) is 10.3. The molecule has 0 atom stereocenters. The number of ether oxygens (including phenoxy) is 3. The van der Waals surface area contributed by atoms with Crippen molar-refractivity contribution >= 4 is 29.5 Å². The van der Waals surface area contributed by atoms with Crippen LogP contribution in [0.25, 0.3) is 6.08 Å². The molecule has 0 saturated carbocycles. The molecule has 3 aliphatic rings. The van der Waals surface area contributed by atoms with Gasteiger partial charge in [-0.2, -0.15) is 0 Å². The van der Waals surface area contributed by atoms with Crippen LogP contribution in [-0.2, 0) is 14.3 Å². The molecular weight excluding hydrogens is 422 g/mol. The van der Waals surface area contributed by atoms with Gasteiger partial charge in [0.1, 0.15) is 0 Å². The quantitative estimate of drug-likeness (QED) is 0.649. The van der Waals surface area contributed by atoms with Crippen molar-refractivity contribution in [2.45, 2.75) is 6.42 Å². The number of fused-ring (bicyclic) bond motifs is 1. The zero-order valence-electron chi connectivity index (χ0n) is 17.6. The topological polar surface area (TPSA) is 71.6 Å². The minimum Gasteiger partial charge on any atom is -0.489 e. The van der Waals surface area contributed by atoms with Crippen LogP contribution in [0.5, 0.6) is 11.5 Å². The van der Waals surface area contributed by atoms with Crippen LogP contribution in [-0.4, -0.2) is 98.8 Å². The lowest BCUT2D eigenvalue weighted by atomic mass is 10.1. The number of hydrogen-bond donors (Lipinski definition) is 0. The molecule has 0 N–H and O–H groups in total. The Morgan fingerprint density at radius 2 is 1.68 bits per heavy atom. The molecule has 9 heteroatoms. The highest BCUT2D eigenvalue weighted by Crippen LogP contribution is 2.38. The maximum Gasteiger partial charge on any atom is 0.246 e. The second-order valence-corrected chi connectivity index (χ2v) is 8.22. The third kappa shape index (κ3) is 5.70. The fourth-order valence-electron chi connectivity index (χ4n) is 3.85. The number of rotatable bonds is 4. The highest BCUT2D eigenvalue weighted by Gasteiger charge is 2.24. The molecule has 4 rings (SSSR count). The Morgan fingerprint density at radius 3 is 2.45 bits per heavy atom. The molecule has 0 unspecified atom stereocenters. The summed E-state index contributed by atoms with van der Waals surface area (Å²) in [5.41, 5.74) is 0.789. The average Bonchev–Trinajstić information content (AvgIpc) is 3.04. The van der Waals surface area contributed by atoms with Crippen LogP contribution in [0.1, 0.15) is 12.0 Å². The molecule has 2 saturated heterocycles. The van der Waals surface area contributed by atoms with E-state index in [0.29, 0.717) is 88.8 Å². The lowest BCUT2D eigenvalue weighted by Gasteiger charge is -2.35. The van der Waals surface area contributed by atoms with Gasteiger partial charge < -0.3 is 24.0 Å². The van der Waals surface area contributed by atoms with Crippen LogP contribution in [0.15, 0.2) is 18.2 Å². The van der Waals surface area contributed by atoms with Crippen molar-refractivity contribution in [1.29, 1.82) is 0 Å². The molecule has 2 fully saturated rings. The number of carbonyl (C=O) groups is 2. The molecular formula is C22H28ClN3O5. The normalized spacial score (nSPS) is 20.0. The van der Waals surface area contributed by atoms with Crippen molar-refractivity contribution in [1.82, 2.24) is 14.7 Å². The minimum atomic E-state index is -0.0533. The Hall–Kier alpha value is -2.29. The van der Waals surface area contributed by atoms with E-state index < -0.39 is 0 Å². The van der Waals surface area contributed by atoms with Crippen LogP contribution < -0.4 is 9.47 Å². The molecule has 0 aliphatic carbocycles. The summed E-state index contributed by atoms with van der Waals surface area (Å²) < 4.78 is 16.6. The first-order valence-electron chi connectivity index (χ1n) is 10.7. The van der Waals surface area contributed by atoms with Gasteiger partial charge in [-0.05, 0) is 23.8 Å². The Kier molecular flexibility index (Phi) is 7.32. The van der Waals surface area contributed by atoms with E-state index >= 15 is 0 Å². The van der Waals surface area contributed by atoms with E-state index in [4.69, 9.17) is 25.8 Å². The third-order valence-electron chi connectivity index (χ3n) is 5.65. The Bertz CT molecular complexity index is 833. The van der Waals surface area contributed by atoms with Crippen LogP contribution in [0, 0.1) is 0 Å². The smallest absolute Gasteiger partial charge is 0.246 e. The number of nitrogens with zero attached hydrogens (tertiary/aromatic N) is 3. The van der Waals surface area contributed by atoms with Gasteiger partial charge in [0.25, 0.3) is 0 Å². The van der Waals surface area contributed by atoms with Gasteiger partial charge in [0.15, 0.2) is 11.5 Å². The maximum absolute atomic E-state index is 12.6. The van der Waals surface area contributed by atoms with Crippen LogP contribution >= 0.6 is 11.6 Å². The molecule has 1 aromatic carbocycles. The van der Waals surface area contributed by atoms with E-state index in [-0.39, 0.29) is 11.8 Å². The standard InChI is InChI=1S/C22H28ClN3O5/c23-18-14-17(15-19-22(18)31-11-1-10-30-19)2-3-20(27)25-6-4-24(5-7-25)16-21(28)26-8-12-29-13-9-26/h2-3,14-15H,1,4-13,16H2/b3-2+. The fraction of sp³-hybridized carbons (Fsp3) is 0.545. The Balaban J connectivity index is 1.28. The molecule has 1 aromatic rings. The van der Waals surface area contributed by atoms with E-state index in [1.165, 1.54) is 0 Å². The van der Waals surface area contributed by atoms with E-state index in [1.807, 2.05) is 11.0 Å². The van der Waals surface area contributed by atoms with Crippen LogP contribution in [0.4, 0.5) is 0 Å². The summed E-state index contributed by atoms with van der Waals surface area (Å²) in [4.78, 5) is 30.8. The van der Waals surface area contributed by atoms with E-state index in [9.17, 15) is 9.59 Å². The second-order valence-electron chi connectivity index (χ2n) is 7.81. The van der Waals surface area contributed by atoms with Crippen molar-refractivity contribution in [3.63, 3.8) is 0 Å². The third-order valence-corrected chi connectivity index (χ3v) is 5.93. The molecule has 0 bridgehead atoms. The van der Waals surface area contributed by atoms with Gasteiger partial charge >= 0.3 is 0 Å². The summed E-state index contributed by atoms with van der Waals surface area (Å²) in [6, 6.07) is 3.61. The zero-order valence-corrected chi connectivity index (χ0v) is 18.3. The van der Waals surface area contributed by atoms with Crippen LogP contribution in [0.3, 0.4) is 0 Å². The van der Waals surface area contributed by atoms with Gasteiger partial charge in [-0.25, -0.2) is 0 Å². The number of benzene rings is 1. The summed E-state index contributed by atoms with van der Waals surface area (Å²) in [6.45, 7) is 6.65. The highest BCUT2D eigenvalue weighted by atomic mass is 35.5. The molecule has 0 radical (unpaired) electrons. The van der Waals surface area contributed by atoms with Crippen molar-refractivity contribution in [2.75, 3.05) is 72.2 Å². The molecule has 3 aliphatic heterocycles. The molecule has 0 aromatic heterocycles. The summed E-state index contributed by atoms with van der Waals surface area (Å²) in [5.74, 6) is 1.25. The molecule has 168 valence electrons. The van der Waals surface area contributed by atoms with Gasteiger partial charge in [-0.15, -0.1) is 0 Å². The van der Waals surface area contributed by atoms with Gasteiger partial charge in [-0.3, -0.25) is 14.5 Å². The number of amides is 2. The lowest BCUT2D eigenvalue weighted by Crippen LogP contribution is -2.52. The number of hydrogen-bond acceptors (Lipinski definition) is 6. The SMILES string of the molecule is O=C(/C=C/c1cc(Cl)c2c(c1)OCCCO2)N1CCN(CC(=O)N2CCOCC2)CC1. The number of piperazine rings is 1. The van der Waals surface area contributed by atoms with Crippen LogP contribution in [0.2, 0.25) is 5.02 Å². The largest absolute Gasteiger partial charge is 0.489 e. The molecule has 2 amide bonds. The first kappa shape index (κ1) is 21.9. The summed E-state index contributed by atoms with van der Waals surface area (Å²) in [6.07, 6.45) is 4.11. The van der Waals surface area contributed by atoms with Crippen molar-refractivity contribution in [3.8, 4) is 11.5 Å². The summed E-state index contributed by atoms with van der Waals surface area (Å²) in [7, 11) is 0. The zero-order chi connectivity index (χ0) is 21.6. The molecule has 0 spiro atoms. The monoisotopic (exact) mass is 449 g/mol. The number of morpholine rings is 1. The summed E-state index contributed by atoms with van der Waals surface area (Å²) in [5, 5.41) is 0.477. The van der Waals surface area contributed by atoms with Gasteiger partial charge in [0.2, 0.25) is 11.8 Å². The predicted octanol–water partition coefficient (Wildman–Crippen LogP) is 1.52. The van der Waals surface area contributed by atoms with Crippen molar-refractivity contribution in [2.24, 2.45) is 0 Å². The van der Waals surface area contributed by atoms with E-state index in [2.05, 4.69) is 4.90 Å². The fourth-order valence-corrected chi connectivity index (χ4v) is 4.12. The molecule has 3 heterocycles. The average molecular weight is 450 g/mol. The molecule has 8 nitrogen and oxygen atoms in total. The van der Waals surface area contributed by atoms with E-state index in [1.54, 1.807) is 23.1 Å². The number of carbonyl (C=O) groups excluding carboxylic acids is 2. The van der Waals surface area contributed by atoms with E-state index in [0.717, 1.165) is 12.0 Å². The van der Waals surface area contributed by atoms with Crippen molar-refractivity contribution < 1.29 is 23.8 Å². The lowest BCUT2D eigenvalue weighted by molar-refractivity contribution is -0.137. The highest BCUT2D eigenvalue weighted by molar-refractivity contribution is 6.32. The van der Waals surface area contributed by atoms with Gasteiger partial charge in [-0.1, -0.05) is 11.6 Å². The van der Waals surface area contributed by atoms with Gasteiger partial charge in [0, 0.05) is 51.8 Å². The minimum absolute atomic E-state index is 0.0533. The first-order chi connectivity index (χ1) is 15.1. The molecule has 31 heavy (non-hydrogen) atoms. The first-order valence-corrected chi connectivity index (χ1v) is 11.1. The summed E-state index contributed by atoms with van der Waals surface area (Å²) >= 11 is 6.32. The Morgan fingerprint density at radius 1 is 0.935 bits per heavy atom. The number of halogens is 1. The Labute approximate surface area is 187 Å². The van der Waals surface area contributed by atoms with Gasteiger partial charge in [0.05, 0.1) is 38.0 Å². The maximum atomic E-state index is 12.6. The van der Waals surface area contributed by atoms with Crippen molar-refractivity contribution in [3.05, 3.63) is 28.8 Å².